The van der Waals surface area contributed by atoms with Crippen LogP contribution in [0.4, 0.5) is 4.79 Å². The Bertz CT molecular complexity index is 291. The van der Waals surface area contributed by atoms with Gasteiger partial charge in [-0.15, -0.1) is 0 Å². The molecule has 0 aromatic rings. The van der Waals surface area contributed by atoms with Crippen LogP contribution in [0.1, 0.15) is 40.0 Å². The molecule has 92 valence electrons. The van der Waals surface area contributed by atoms with Crippen molar-refractivity contribution in [1.29, 1.82) is 0 Å². The Balaban J connectivity index is 1.90. The third-order valence-corrected chi connectivity index (χ3v) is 3.52. The second kappa shape index (κ2) is 3.62. The summed E-state index contributed by atoms with van der Waals surface area (Å²) in [5.74, 6) is 0. The average molecular weight is 227 g/mol. The van der Waals surface area contributed by atoms with Gasteiger partial charge in [0.1, 0.15) is 5.60 Å². The molecule has 1 N–H and O–H groups in total. The number of hydrogen-bond acceptors (Lipinski definition) is 3. The van der Waals surface area contributed by atoms with Crippen molar-refractivity contribution in [3.8, 4) is 0 Å². The lowest BCUT2D eigenvalue weighted by molar-refractivity contribution is -0.0189. The number of ether oxygens (including phenoxy) is 1. The van der Waals surface area contributed by atoms with Gasteiger partial charge in [0.2, 0.25) is 0 Å². The van der Waals surface area contributed by atoms with Gasteiger partial charge >= 0.3 is 6.09 Å². The molecule has 2 rings (SSSR count). The lowest BCUT2D eigenvalue weighted by Crippen LogP contribution is -2.49. The smallest absolute Gasteiger partial charge is 0.410 e. The Morgan fingerprint density at radius 2 is 2.00 bits per heavy atom. The number of hydrogen-bond donors (Lipinski definition) is 1. The molecule has 0 aromatic heterocycles. The molecule has 0 bridgehead atoms. The van der Waals surface area contributed by atoms with Crippen LogP contribution in [0.15, 0.2) is 0 Å². The quantitative estimate of drug-likeness (QED) is 0.686. The zero-order valence-corrected chi connectivity index (χ0v) is 10.3. The van der Waals surface area contributed by atoms with Crippen molar-refractivity contribution in [2.75, 3.05) is 13.1 Å². The molecule has 4 heteroatoms. The number of amides is 1. The molecule has 2 fully saturated rings. The highest BCUT2D eigenvalue weighted by molar-refractivity contribution is 5.68. The van der Waals surface area contributed by atoms with Crippen LogP contribution >= 0.6 is 0 Å². The van der Waals surface area contributed by atoms with Gasteiger partial charge in [-0.25, -0.2) is 4.79 Å². The van der Waals surface area contributed by atoms with E-state index in [4.69, 9.17) is 4.74 Å². The number of β-amino-alcohol motifs (C(OH)–C–C–N with tert-alkyl or cyclic N) is 1. The number of aliphatic hydroxyl groups excluding tert-OH is 1. The van der Waals surface area contributed by atoms with E-state index in [0.717, 1.165) is 19.3 Å². The second-order valence-corrected chi connectivity index (χ2v) is 6.05. The van der Waals surface area contributed by atoms with Gasteiger partial charge in [-0.3, -0.25) is 0 Å². The van der Waals surface area contributed by atoms with Crippen LogP contribution in [-0.2, 0) is 4.74 Å². The fourth-order valence-electron chi connectivity index (χ4n) is 2.25. The lowest BCUT2D eigenvalue weighted by Gasteiger charge is -2.36. The molecule has 1 saturated carbocycles. The molecule has 1 aliphatic carbocycles. The summed E-state index contributed by atoms with van der Waals surface area (Å²) in [7, 11) is 0. The maximum absolute atomic E-state index is 11.8. The van der Waals surface area contributed by atoms with Gasteiger partial charge in [0.05, 0.1) is 12.6 Å². The number of aliphatic hydroxyl groups is 1. The third kappa shape index (κ3) is 2.32. The Kier molecular flexibility index (Phi) is 2.65. The number of nitrogens with zero attached hydrogens (tertiary/aromatic N) is 1. The maximum Gasteiger partial charge on any atom is 0.410 e. The van der Waals surface area contributed by atoms with Crippen LogP contribution in [0.2, 0.25) is 0 Å². The van der Waals surface area contributed by atoms with E-state index in [0.29, 0.717) is 13.1 Å². The summed E-state index contributed by atoms with van der Waals surface area (Å²) in [5.41, 5.74) is -0.324. The van der Waals surface area contributed by atoms with Crippen LogP contribution in [0.3, 0.4) is 0 Å². The van der Waals surface area contributed by atoms with Crippen LogP contribution in [0.25, 0.3) is 0 Å². The second-order valence-electron chi connectivity index (χ2n) is 6.05. The first-order chi connectivity index (χ1) is 7.32. The number of carbonyl (C=O) groups is 1. The van der Waals surface area contributed by atoms with E-state index in [1.54, 1.807) is 4.90 Å². The molecule has 1 aliphatic heterocycles. The van der Waals surface area contributed by atoms with Gasteiger partial charge in [0.25, 0.3) is 0 Å². The number of rotatable bonds is 0. The van der Waals surface area contributed by atoms with Crippen molar-refractivity contribution >= 4 is 6.09 Å². The molecule has 1 heterocycles. The first kappa shape index (κ1) is 11.7. The normalized spacial score (nSPS) is 28.0. The number of likely N-dealkylation sites (tertiary alicyclic amines) is 1. The van der Waals surface area contributed by atoms with Crippen molar-refractivity contribution in [3.63, 3.8) is 0 Å². The van der Waals surface area contributed by atoms with Crippen molar-refractivity contribution in [3.05, 3.63) is 0 Å². The molecule has 1 atom stereocenters. The predicted molar refractivity (Wildman–Crippen MR) is 60.1 cm³/mol. The molecule has 0 aromatic carbocycles. The highest BCUT2D eigenvalue weighted by Gasteiger charge is 2.52. The van der Waals surface area contributed by atoms with E-state index in [1.165, 1.54) is 0 Å². The lowest BCUT2D eigenvalue weighted by atomic mass is 9.91. The predicted octanol–water partition coefficient (Wildman–Crippen LogP) is 1.77. The van der Waals surface area contributed by atoms with Crippen molar-refractivity contribution in [2.45, 2.75) is 51.7 Å². The van der Waals surface area contributed by atoms with Crippen molar-refractivity contribution in [1.82, 2.24) is 4.90 Å². The van der Waals surface area contributed by atoms with E-state index in [9.17, 15) is 9.90 Å². The molecule has 16 heavy (non-hydrogen) atoms. The number of piperidine rings is 1. The monoisotopic (exact) mass is 227 g/mol. The molecular weight excluding hydrogens is 206 g/mol. The Labute approximate surface area is 96.6 Å². The highest BCUT2D eigenvalue weighted by Crippen LogP contribution is 2.53. The Morgan fingerprint density at radius 3 is 2.44 bits per heavy atom. The summed E-state index contributed by atoms with van der Waals surface area (Å²) in [6.07, 6.45) is 2.45. The summed E-state index contributed by atoms with van der Waals surface area (Å²) in [4.78, 5) is 13.4. The third-order valence-electron chi connectivity index (χ3n) is 3.52. The maximum atomic E-state index is 11.8. The molecule has 0 radical (unpaired) electrons. The zero-order valence-electron chi connectivity index (χ0n) is 10.3. The summed E-state index contributed by atoms with van der Waals surface area (Å²) in [5, 5.41) is 9.97. The zero-order chi connectivity index (χ0) is 12.0. The van der Waals surface area contributed by atoms with Gasteiger partial charge in [0.15, 0.2) is 0 Å². The van der Waals surface area contributed by atoms with Crippen LogP contribution in [-0.4, -0.2) is 40.9 Å². The molecule has 1 amide bonds. The molecule has 1 saturated heterocycles. The van der Waals surface area contributed by atoms with E-state index < -0.39 is 5.60 Å². The topological polar surface area (TPSA) is 49.8 Å². The van der Waals surface area contributed by atoms with Crippen LogP contribution < -0.4 is 0 Å². The minimum atomic E-state index is -0.462. The summed E-state index contributed by atoms with van der Waals surface area (Å²) in [6.45, 7) is 6.70. The van der Waals surface area contributed by atoms with E-state index >= 15 is 0 Å². The van der Waals surface area contributed by atoms with Gasteiger partial charge < -0.3 is 14.7 Å². The van der Waals surface area contributed by atoms with Gasteiger partial charge in [-0.1, -0.05) is 0 Å². The van der Waals surface area contributed by atoms with E-state index in [1.807, 2.05) is 20.8 Å². The minimum absolute atomic E-state index is 0.137. The standard InChI is InChI=1S/C12H21NO3/c1-11(2,3)16-10(15)13-7-6-12(4-5-12)9(14)8-13/h9,14H,4-8H2,1-3H3/t9-/m0/s1. The van der Waals surface area contributed by atoms with Gasteiger partial charge in [0, 0.05) is 6.54 Å². The van der Waals surface area contributed by atoms with Crippen molar-refractivity contribution < 1.29 is 14.6 Å². The first-order valence-electron chi connectivity index (χ1n) is 5.98. The molecular formula is C12H21NO3. The van der Waals surface area contributed by atoms with Crippen LogP contribution in [0.5, 0.6) is 0 Å². The molecule has 4 nitrogen and oxygen atoms in total. The fourth-order valence-corrected chi connectivity index (χ4v) is 2.25. The summed E-state index contributed by atoms with van der Waals surface area (Å²) < 4.78 is 5.29. The largest absolute Gasteiger partial charge is 0.444 e. The molecule has 0 unspecified atom stereocenters. The van der Waals surface area contributed by atoms with E-state index in [2.05, 4.69) is 0 Å². The number of carbonyl (C=O) groups excluding carboxylic acids is 1. The minimum Gasteiger partial charge on any atom is -0.444 e. The highest BCUT2D eigenvalue weighted by atomic mass is 16.6. The van der Waals surface area contributed by atoms with Crippen LogP contribution in [0, 0.1) is 5.41 Å². The Hall–Kier alpha value is -0.770. The first-order valence-corrected chi connectivity index (χ1v) is 5.98. The summed E-state index contributed by atoms with van der Waals surface area (Å²) >= 11 is 0. The fraction of sp³-hybridized carbons (Fsp3) is 0.917. The SMILES string of the molecule is CC(C)(C)OC(=O)N1CCC2(CC2)[C@@H](O)C1. The summed E-state index contributed by atoms with van der Waals surface area (Å²) in [6, 6.07) is 0. The molecule has 2 aliphatic rings. The average Bonchev–Trinajstić information content (AvgIpc) is 2.88. The Morgan fingerprint density at radius 1 is 1.38 bits per heavy atom. The van der Waals surface area contributed by atoms with Crippen molar-refractivity contribution in [2.24, 2.45) is 5.41 Å². The van der Waals surface area contributed by atoms with Gasteiger partial charge in [-0.05, 0) is 45.4 Å². The molecule has 1 spiro atoms. The van der Waals surface area contributed by atoms with Gasteiger partial charge in [-0.2, -0.15) is 0 Å². The van der Waals surface area contributed by atoms with E-state index in [-0.39, 0.29) is 17.6 Å².